The molecular weight excluding hydrogens is 322 g/mol. The number of rotatable bonds is 9. The van der Waals surface area contributed by atoms with E-state index in [-0.39, 0.29) is 11.5 Å². The molecule has 0 aliphatic rings. The SMILES string of the molecule is CC(C)CCCN.Cc1ccc(S(=O)(=O)OCCCC(C)C)cc1. The highest BCUT2D eigenvalue weighted by atomic mass is 32.2. The van der Waals surface area contributed by atoms with Crippen molar-refractivity contribution in [1.29, 1.82) is 0 Å². The summed E-state index contributed by atoms with van der Waals surface area (Å²) < 4.78 is 28.5. The molecule has 1 aromatic carbocycles. The summed E-state index contributed by atoms with van der Waals surface area (Å²) in [6.45, 7) is 11.7. The summed E-state index contributed by atoms with van der Waals surface area (Å²) in [5, 5.41) is 0. The van der Waals surface area contributed by atoms with E-state index in [2.05, 4.69) is 27.7 Å². The largest absolute Gasteiger partial charge is 0.330 e. The predicted octanol–water partition coefficient (Wildman–Crippen LogP) is 4.52. The Morgan fingerprint density at radius 3 is 1.88 bits per heavy atom. The highest BCUT2D eigenvalue weighted by Crippen LogP contribution is 2.14. The number of hydrogen-bond donors (Lipinski definition) is 1. The third kappa shape index (κ3) is 11.6. The van der Waals surface area contributed by atoms with E-state index in [0.717, 1.165) is 30.9 Å². The van der Waals surface area contributed by atoms with E-state index in [1.807, 2.05) is 6.92 Å². The van der Waals surface area contributed by atoms with Crippen LogP contribution < -0.4 is 5.73 Å². The molecule has 0 amide bonds. The molecule has 0 saturated carbocycles. The standard InChI is InChI=1S/C13H20O3S.C6H15N/c1-11(2)5-4-10-16-17(14,15)13-8-6-12(3)7-9-13;1-6(2)4-3-5-7/h6-9,11H,4-5,10H2,1-3H3;6H,3-5,7H2,1-2H3. The first-order valence-corrected chi connectivity index (χ1v) is 10.3. The number of hydrogen-bond acceptors (Lipinski definition) is 4. The summed E-state index contributed by atoms with van der Waals surface area (Å²) >= 11 is 0. The fourth-order valence-electron chi connectivity index (χ4n) is 1.96. The lowest BCUT2D eigenvalue weighted by molar-refractivity contribution is 0.300. The monoisotopic (exact) mass is 357 g/mol. The lowest BCUT2D eigenvalue weighted by atomic mass is 10.1. The summed E-state index contributed by atoms with van der Waals surface area (Å²) in [7, 11) is -3.57. The first kappa shape index (κ1) is 23.1. The molecule has 0 radical (unpaired) electrons. The van der Waals surface area contributed by atoms with E-state index in [1.165, 1.54) is 12.8 Å². The normalized spacial score (nSPS) is 11.5. The van der Waals surface area contributed by atoms with Crippen LogP contribution in [0, 0.1) is 18.8 Å². The van der Waals surface area contributed by atoms with Gasteiger partial charge in [0.2, 0.25) is 0 Å². The Morgan fingerprint density at radius 1 is 0.958 bits per heavy atom. The average Bonchev–Trinajstić information content (AvgIpc) is 2.50. The van der Waals surface area contributed by atoms with Gasteiger partial charge in [0.25, 0.3) is 10.1 Å². The second-order valence-corrected chi connectivity index (χ2v) is 8.57. The molecule has 0 atom stereocenters. The summed E-state index contributed by atoms with van der Waals surface area (Å²) in [4.78, 5) is 0.229. The van der Waals surface area contributed by atoms with Crippen LogP contribution in [0.4, 0.5) is 0 Å². The Hall–Kier alpha value is -0.910. The molecule has 2 N–H and O–H groups in total. The zero-order valence-corrected chi connectivity index (χ0v) is 16.7. The van der Waals surface area contributed by atoms with E-state index in [9.17, 15) is 8.42 Å². The minimum atomic E-state index is -3.57. The molecule has 5 heteroatoms. The van der Waals surface area contributed by atoms with E-state index in [0.29, 0.717) is 5.92 Å². The maximum Gasteiger partial charge on any atom is 0.296 e. The molecule has 1 aromatic rings. The van der Waals surface area contributed by atoms with Crippen molar-refractivity contribution in [3.63, 3.8) is 0 Å². The third-order valence-electron chi connectivity index (χ3n) is 3.46. The van der Waals surface area contributed by atoms with E-state index >= 15 is 0 Å². The van der Waals surface area contributed by atoms with Gasteiger partial charge in [-0.15, -0.1) is 0 Å². The van der Waals surface area contributed by atoms with Crippen LogP contribution in [0.3, 0.4) is 0 Å². The Morgan fingerprint density at radius 2 is 1.46 bits per heavy atom. The van der Waals surface area contributed by atoms with E-state index < -0.39 is 10.1 Å². The van der Waals surface area contributed by atoms with Crippen LogP contribution in [0.5, 0.6) is 0 Å². The number of aryl methyl sites for hydroxylation is 1. The van der Waals surface area contributed by atoms with Crippen LogP contribution >= 0.6 is 0 Å². The summed E-state index contributed by atoms with van der Waals surface area (Å²) in [6.07, 6.45) is 4.19. The van der Waals surface area contributed by atoms with Crippen molar-refractivity contribution >= 4 is 10.1 Å². The fraction of sp³-hybridized carbons (Fsp3) is 0.684. The van der Waals surface area contributed by atoms with Gasteiger partial charge in [-0.05, 0) is 63.1 Å². The van der Waals surface area contributed by atoms with Crippen molar-refractivity contribution in [3.8, 4) is 0 Å². The van der Waals surface area contributed by atoms with Crippen LogP contribution in [0.25, 0.3) is 0 Å². The zero-order chi connectivity index (χ0) is 18.6. The lowest BCUT2D eigenvalue weighted by Gasteiger charge is -2.07. The quantitative estimate of drug-likeness (QED) is 0.521. The zero-order valence-electron chi connectivity index (χ0n) is 15.9. The van der Waals surface area contributed by atoms with Crippen molar-refractivity contribution in [1.82, 2.24) is 0 Å². The molecule has 0 heterocycles. The molecule has 1 rings (SSSR count). The Labute approximate surface area is 148 Å². The molecule has 0 fully saturated rings. The second-order valence-electron chi connectivity index (χ2n) is 6.95. The first-order chi connectivity index (χ1) is 11.2. The topological polar surface area (TPSA) is 69.4 Å². The van der Waals surface area contributed by atoms with Gasteiger partial charge in [0.15, 0.2) is 0 Å². The minimum absolute atomic E-state index is 0.229. The lowest BCUT2D eigenvalue weighted by Crippen LogP contribution is -2.08. The van der Waals surface area contributed by atoms with Gasteiger partial charge in [-0.25, -0.2) is 0 Å². The highest BCUT2D eigenvalue weighted by Gasteiger charge is 2.14. The minimum Gasteiger partial charge on any atom is -0.330 e. The van der Waals surface area contributed by atoms with Crippen molar-refractivity contribution in [2.45, 2.75) is 65.2 Å². The van der Waals surface area contributed by atoms with Crippen molar-refractivity contribution in [3.05, 3.63) is 29.8 Å². The summed E-state index contributed by atoms with van der Waals surface area (Å²) in [6, 6.07) is 6.69. The maximum atomic E-state index is 11.8. The number of benzene rings is 1. The molecule has 0 unspecified atom stereocenters. The molecule has 24 heavy (non-hydrogen) atoms. The van der Waals surface area contributed by atoms with E-state index in [1.54, 1.807) is 24.3 Å². The van der Waals surface area contributed by atoms with Gasteiger partial charge >= 0.3 is 0 Å². The third-order valence-corrected chi connectivity index (χ3v) is 4.79. The molecule has 140 valence electrons. The Kier molecular flexibility index (Phi) is 12.0. The van der Waals surface area contributed by atoms with E-state index in [4.69, 9.17) is 9.92 Å². The second kappa shape index (κ2) is 12.5. The van der Waals surface area contributed by atoms with Gasteiger partial charge in [-0.3, -0.25) is 4.18 Å². The van der Waals surface area contributed by atoms with Gasteiger partial charge in [0.05, 0.1) is 11.5 Å². The van der Waals surface area contributed by atoms with Crippen molar-refractivity contribution in [2.75, 3.05) is 13.2 Å². The van der Waals surface area contributed by atoms with Crippen LogP contribution in [-0.2, 0) is 14.3 Å². The molecule has 0 bridgehead atoms. The molecule has 0 spiro atoms. The van der Waals surface area contributed by atoms with Gasteiger partial charge in [-0.1, -0.05) is 45.4 Å². The molecule has 4 nitrogen and oxygen atoms in total. The van der Waals surface area contributed by atoms with Gasteiger partial charge in [0, 0.05) is 0 Å². The van der Waals surface area contributed by atoms with Crippen molar-refractivity contribution < 1.29 is 12.6 Å². The maximum absolute atomic E-state index is 11.8. The summed E-state index contributed by atoms with van der Waals surface area (Å²) in [5.41, 5.74) is 6.31. The molecule has 0 aromatic heterocycles. The summed E-state index contributed by atoms with van der Waals surface area (Å²) in [5.74, 6) is 1.39. The molecule has 0 aliphatic carbocycles. The average molecular weight is 358 g/mol. The Balaban J connectivity index is 0.000000640. The fourth-order valence-corrected chi connectivity index (χ4v) is 2.90. The Bertz CT molecular complexity index is 522. The first-order valence-electron chi connectivity index (χ1n) is 8.85. The van der Waals surface area contributed by atoms with Crippen LogP contribution in [0.1, 0.15) is 58.9 Å². The number of nitrogens with two attached hydrogens (primary N) is 1. The predicted molar refractivity (Wildman–Crippen MR) is 102 cm³/mol. The highest BCUT2D eigenvalue weighted by molar-refractivity contribution is 7.86. The van der Waals surface area contributed by atoms with Gasteiger partial charge in [-0.2, -0.15) is 8.42 Å². The van der Waals surface area contributed by atoms with Crippen LogP contribution in [0.2, 0.25) is 0 Å². The van der Waals surface area contributed by atoms with Crippen molar-refractivity contribution in [2.24, 2.45) is 17.6 Å². The van der Waals surface area contributed by atoms with Crippen LogP contribution in [0.15, 0.2) is 29.2 Å². The van der Waals surface area contributed by atoms with Crippen LogP contribution in [-0.4, -0.2) is 21.6 Å². The molecular formula is C19H35NO3S. The van der Waals surface area contributed by atoms with Gasteiger partial charge < -0.3 is 5.73 Å². The van der Waals surface area contributed by atoms with Gasteiger partial charge in [0.1, 0.15) is 0 Å². The molecule has 0 saturated heterocycles. The smallest absolute Gasteiger partial charge is 0.296 e. The molecule has 0 aliphatic heterocycles.